The second kappa shape index (κ2) is 8.62. The number of ether oxygens (including phenoxy) is 2. The van der Waals surface area contributed by atoms with Crippen molar-refractivity contribution in [3.05, 3.63) is 24.3 Å². The number of benzene rings is 1. The first kappa shape index (κ1) is 18.8. The van der Waals surface area contributed by atoms with Crippen LogP contribution in [0.25, 0.3) is 0 Å². The molecular formula is C20H31N3O3. The van der Waals surface area contributed by atoms with E-state index in [0.29, 0.717) is 31.6 Å². The number of anilines is 1. The minimum atomic E-state index is 0.0813. The smallest absolute Gasteiger partial charge is 0.317 e. The van der Waals surface area contributed by atoms with E-state index in [9.17, 15) is 4.79 Å². The van der Waals surface area contributed by atoms with Crippen LogP contribution in [0.5, 0.6) is 5.75 Å². The van der Waals surface area contributed by atoms with E-state index < -0.39 is 0 Å². The number of carbonyl (C=O) groups is 1. The van der Waals surface area contributed by atoms with E-state index in [4.69, 9.17) is 9.47 Å². The Morgan fingerprint density at radius 1 is 1.19 bits per heavy atom. The first-order chi connectivity index (χ1) is 12.6. The molecule has 2 amide bonds. The van der Waals surface area contributed by atoms with Gasteiger partial charge in [0.1, 0.15) is 12.4 Å². The number of hydrogen-bond donors (Lipinski definition) is 1. The van der Waals surface area contributed by atoms with E-state index in [1.54, 1.807) is 7.11 Å². The van der Waals surface area contributed by atoms with Gasteiger partial charge in [0.2, 0.25) is 0 Å². The standard InChI is InChI=1S/C20H31N3O3/c1-4-21-20(24)23-13-16-11-15(2)19(23)14-22(12-16)17-5-7-18(8-6-17)26-10-9-25-3/h5-8,15-16,19H,4,9-14H2,1-3H3,(H,21,24)/t15?,16-,19?/m0/s1. The normalized spacial score (nSPS) is 25.1. The predicted octanol–water partition coefficient (Wildman–Crippen LogP) is 2.59. The fraction of sp³-hybridized carbons (Fsp3) is 0.650. The highest BCUT2D eigenvalue weighted by atomic mass is 16.5. The number of carbonyl (C=O) groups excluding carboxylic acids is 1. The topological polar surface area (TPSA) is 54.0 Å². The second-order valence-electron chi connectivity index (χ2n) is 7.37. The number of rotatable bonds is 6. The zero-order chi connectivity index (χ0) is 18.5. The summed E-state index contributed by atoms with van der Waals surface area (Å²) in [6.07, 6.45) is 1.19. The van der Waals surface area contributed by atoms with Gasteiger partial charge < -0.3 is 24.6 Å². The molecule has 0 aliphatic carbocycles. The van der Waals surface area contributed by atoms with Gasteiger partial charge in [0, 0.05) is 39.0 Å². The summed E-state index contributed by atoms with van der Waals surface area (Å²) in [5, 5.41) is 2.98. The summed E-state index contributed by atoms with van der Waals surface area (Å²) in [5.41, 5.74) is 1.20. The molecule has 144 valence electrons. The summed E-state index contributed by atoms with van der Waals surface area (Å²) in [6, 6.07) is 8.61. The van der Waals surface area contributed by atoms with E-state index in [1.807, 2.05) is 19.1 Å². The van der Waals surface area contributed by atoms with Crippen LogP contribution in [0.15, 0.2) is 24.3 Å². The van der Waals surface area contributed by atoms with Gasteiger partial charge in [-0.25, -0.2) is 4.79 Å². The third-order valence-electron chi connectivity index (χ3n) is 5.45. The molecule has 6 heteroatoms. The zero-order valence-corrected chi connectivity index (χ0v) is 16.1. The van der Waals surface area contributed by atoms with Crippen LogP contribution in [0.2, 0.25) is 0 Å². The van der Waals surface area contributed by atoms with Gasteiger partial charge in [0.05, 0.1) is 12.6 Å². The fourth-order valence-corrected chi connectivity index (χ4v) is 4.19. The lowest BCUT2D eigenvalue weighted by atomic mass is 9.86. The van der Waals surface area contributed by atoms with Crippen molar-refractivity contribution in [3.63, 3.8) is 0 Å². The molecule has 3 heterocycles. The van der Waals surface area contributed by atoms with Gasteiger partial charge in [-0.05, 0) is 49.4 Å². The molecule has 2 bridgehead atoms. The van der Waals surface area contributed by atoms with Crippen LogP contribution < -0.4 is 15.0 Å². The Labute approximate surface area is 156 Å². The number of amides is 2. The molecule has 0 aromatic heterocycles. The summed E-state index contributed by atoms with van der Waals surface area (Å²) >= 11 is 0. The summed E-state index contributed by atoms with van der Waals surface area (Å²) in [6.45, 7) is 8.82. The molecule has 3 fully saturated rings. The van der Waals surface area contributed by atoms with Gasteiger partial charge in [-0.2, -0.15) is 0 Å². The van der Waals surface area contributed by atoms with Crippen LogP contribution in [0.1, 0.15) is 20.3 Å². The van der Waals surface area contributed by atoms with Crippen molar-refractivity contribution < 1.29 is 14.3 Å². The summed E-state index contributed by atoms with van der Waals surface area (Å²) in [7, 11) is 1.67. The maximum Gasteiger partial charge on any atom is 0.317 e. The van der Waals surface area contributed by atoms with Gasteiger partial charge in [-0.1, -0.05) is 6.92 Å². The lowest BCUT2D eigenvalue weighted by Gasteiger charge is -2.40. The monoisotopic (exact) mass is 361 g/mol. The minimum Gasteiger partial charge on any atom is -0.491 e. The van der Waals surface area contributed by atoms with E-state index in [0.717, 1.165) is 25.4 Å². The molecule has 26 heavy (non-hydrogen) atoms. The summed E-state index contributed by atoms with van der Waals surface area (Å²) in [4.78, 5) is 17.0. The number of nitrogens with one attached hydrogen (secondary N) is 1. The van der Waals surface area contributed by atoms with Gasteiger partial charge in [0.25, 0.3) is 0 Å². The molecule has 0 saturated carbocycles. The van der Waals surface area contributed by atoms with Crippen molar-refractivity contribution in [2.45, 2.75) is 26.3 Å². The molecule has 2 unspecified atom stereocenters. The van der Waals surface area contributed by atoms with Gasteiger partial charge in [-0.3, -0.25) is 0 Å². The molecule has 6 nitrogen and oxygen atoms in total. The molecule has 3 aliphatic rings. The van der Waals surface area contributed by atoms with Crippen LogP contribution in [-0.2, 0) is 4.74 Å². The van der Waals surface area contributed by atoms with Crippen LogP contribution in [-0.4, -0.2) is 63.5 Å². The molecule has 0 radical (unpaired) electrons. The molecule has 4 rings (SSSR count). The second-order valence-corrected chi connectivity index (χ2v) is 7.37. The Bertz CT molecular complexity index is 592. The van der Waals surface area contributed by atoms with Crippen molar-refractivity contribution in [2.24, 2.45) is 11.8 Å². The Morgan fingerprint density at radius 3 is 2.65 bits per heavy atom. The molecule has 3 aliphatic heterocycles. The largest absolute Gasteiger partial charge is 0.491 e. The van der Waals surface area contributed by atoms with Gasteiger partial charge in [0.15, 0.2) is 0 Å². The minimum absolute atomic E-state index is 0.0813. The SMILES string of the molecule is CCNC(=O)N1C[C@H]2CC(C)C1CN(c1ccc(OCCOC)cc1)C2. The molecule has 3 atom stereocenters. The summed E-state index contributed by atoms with van der Waals surface area (Å²) < 4.78 is 10.7. The first-order valence-corrected chi connectivity index (χ1v) is 9.63. The molecule has 1 aromatic carbocycles. The zero-order valence-electron chi connectivity index (χ0n) is 16.1. The third-order valence-corrected chi connectivity index (χ3v) is 5.45. The van der Waals surface area contributed by atoms with Crippen LogP contribution in [0.3, 0.4) is 0 Å². The Balaban J connectivity index is 1.69. The number of hydrogen-bond acceptors (Lipinski definition) is 4. The van der Waals surface area contributed by atoms with Gasteiger partial charge >= 0.3 is 6.03 Å². The quantitative estimate of drug-likeness (QED) is 0.792. The van der Waals surface area contributed by atoms with Crippen LogP contribution in [0, 0.1) is 11.8 Å². The van der Waals surface area contributed by atoms with Crippen molar-refractivity contribution in [1.29, 1.82) is 0 Å². The lowest BCUT2D eigenvalue weighted by molar-refractivity contribution is 0.109. The van der Waals surface area contributed by atoms with E-state index in [1.165, 1.54) is 12.1 Å². The van der Waals surface area contributed by atoms with Crippen LogP contribution in [0.4, 0.5) is 10.5 Å². The van der Waals surface area contributed by atoms with Crippen molar-refractivity contribution in [1.82, 2.24) is 10.2 Å². The fourth-order valence-electron chi connectivity index (χ4n) is 4.19. The number of nitrogens with zero attached hydrogens (tertiary/aromatic N) is 2. The number of fused-ring (bicyclic) bond motifs is 4. The highest BCUT2D eigenvalue weighted by molar-refractivity contribution is 5.75. The van der Waals surface area contributed by atoms with E-state index in [2.05, 4.69) is 34.2 Å². The van der Waals surface area contributed by atoms with E-state index >= 15 is 0 Å². The highest BCUT2D eigenvalue weighted by Crippen LogP contribution is 2.34. The Morgan fingerprint density at radius 2 is 1.96 bits per heavy atom. The van der Waals surface area contributed by atoms with Crippen molar-refractivity contribution in [2.75, 3.05) is 51.4 Å². The number of methoxy groups -OCH3 is 1. The molecule has 1 aromatic rings. The maximum absolute atomic E-state index is 12.5. The Hall–Kier alpha value is -1.95. The number of urea groups is 1. The average molecular weight is 361 g/mol. The predicted molar refractivity (Wildman–Crippen MR) is 103 cm³/mol. The maximum atomic E-state index is 12.5. The summed E-state index contributed by atoms with van der Waals surface area (Å²) in [5.74, 6) is 1.91. The Kier molecular flexibility index (Phi) is 6.25. The first-order valence-electron chi connectivity index (χ1n) is 9.63. The lowest BCUT2D eigenvalue weighted by Crippen LogP contribution is -2.54. The van der Waals surface area contributed by atoms with Crippen molar-refractivity contribution in [3.8, 4) is 5.75 Å². The molecule has 1 N–H and O–H groups in total. The third kappa shape index (κ3) is 4.23. The van der Waals surface area contributed by atoms with Gasteiger partial charge in [-0.15, -0.1) is 0 Å². The average Bonchev–Trinajstić information content (AvgIpc) is 2.92. The molecule has 0 spiro atoms. The van der Waals surface area contributed by atoms with E-state index in [-0.39, 0.29) is 12.1 Å². The van der Waals surface area contributed by atoms with Crippen LogP contribution >= 0.6 is 0 Å². The van der Waals surface area contributed by atoms with Crippen molar-refractivity contribution >= 4 is 11.7 Å². The molecule has 3 saturated heterocycles. The number of piperidine rings is 1. The molecular weight excluding hydrogens is 330 g/mol. The highest BCUT2D eigenvalue weighted by Gasteiger charge is 2.41.